The first-order chi connectivity index (χ1) is 7.67. The zero-order valence-electron chi connectivity index (χ0n) is 9.83. The molecule has 6 heteroatoms. The molecule has 3 N–H and O–H groups in total. The monoisotopic (exact) mass is 259 g/mol. The van der Waals surface area contributed by atoms with Crippen LogP contribution in [0.1, 0.15) is 5.56 Å². The highest BCUT2D eigenvalue weighted by molar-refractivity contribution is 5.75. The van der Waals surface area contributed by atoms with Crippen LogP contribution in [0.25, 0.3) is 0 Å². The predicted molar refractivity (Wildman–Crippen MR) is 60.4 cm³/mol. The van der Waals surface area contributed by atoms with E-state index in [9.17, 15) is 4.79 Å². The maximum atomic E-state index is 10.6. The SMILES string of the molecule is CNCc1ccc(OCC(N)=O)c(OC)c1.[Cl-]. The smallest absolute Gasteiger partial charge is 0.255 e. The van der Waals surface area contributed by atoms with E-state index in [1.165, 1.54) is 0 Å². The normalized spacial score (nSPS) is 9.29. The third-order valence-electron chi connectivity index (χ3n) is 1.98. The summed E-state index contributed by atoms with van der Waals surface area (Å²) in [6.07, 6.45) is 0. The van der Waals surface area contributed by atoms with Crippen molar-refractivity contribution in [3.63, 3.8) is 0 Å². The van der Waals surface area contributed by atoms with Crippen molar-refractivity contribution >= 4 is 5.91 Å². The highest BCUT2D eigenvalue weighted by Crippen LogP contribution is 2.27. The Morgan fingerprint density at radius 2 is 2.12 bits per heavy atom. The average molecular weight is 260 g/mol. The summed E-state index contributed by atoms with van der Waals surface area (Å²) >= 11 is 0. The van der Waals surface area contributed by atoms with Gasteiger partial charge < -0.3 is 32.9 Å². The maximum absolute atomic E-state index is 10.6. The second-order valence-electron chi connectivity index (χ2n) is 3.27. The Hall–Kier alpha value is -1.46. The number of methoxy groups -OCH3 is 1. The maximum Gasteiger partial charge on any atom is 0.255 e. The minimum absolute atomic E-state index is 0. The molecule has 0 heterocycles. The number of halogens is 1. The van der Waals surface area contributed by atoms with Crippen LogP contribution in [-0.4, -0.2) is 26.7 Å². The molecule has 0 spiro atoms. The second kappa shape index (κ2) is 7.76. The molecule has 0 radical (unpaired) electrons. The molecule has 0 aromatic heterocycles. The first-order valence-corrected chi connectivity index (χ1v) is 4.90. The van der Waals surface area contributed by atoms with Gasteiger partial charge in [-0.15, -0.1) is 0 Å². The van der Waals surface area contributed by atoms with Crippen molar-refractivity contribution in [1.29, 1.82) is 0 Å². The fourth-order valence-corrected chi connectivity index (χ4v) is 1.29. The molecule has 1 rings (SSSR count). The van der Waals surface area contributed by atoms with E-state index in [1.54, 1.807) is 13.2 Å². The third kappa shape index (κ3) is 4.93. The molecule has 0 saturated heterocycles. The minimum atomic E-state index is -0.513. The summed E-state index contributed by atoms with van der Waals surface area (Å²) in [6.45, 7) is 0.591. The van der Waals surface area contributed by atoms with E-state index >= 15 is 0 Å². The zero-order valence-corrected chi connectivity index (χ0v) is 10.6. The van der Waals surface area contributed by atoms with E-state index < -0.39 is 5.91 Å². The van der Waals surface area contributed by atoms with Gasteiger partial charge in [0.25, 0.3) is 5.91 Å². The van der Waals surface area contributed by atoms with Gasteiger partial charge in [-0.25, -0.2) is 0 Å². The quantitative estimate of drug-likeness (QED) is 0.582. The van der Waals surface area contributed by atoms with Gasteiger partial charge in [-0.3, -0.25) is 4.79 Å². The van der Waals surface area contributed by atoms with Crippen LogP contribution in [0.15, 0.2) is 18.2 Å². The second-order valence-corrected chi connectivity index (χ2v) is 3.27. The fraction of sp³-hybridized carbons (Fsp3) is 0.364. The molecule has 1 aromatic carbocycles. The van der Waals surface area contributed by atoms with Gasteiger partial charge in [-0.05, 0) is 24.7 Å². The van der Waals surface area contributed by atoms with Crippen LogP contribution in [-0.2, 0) is 11.3 Å². The van der Waals surface area contributed by atoms with Crippen LogP contribution in [0.3, 0.4) is 0 Å². The van der Waals surface area contributed by atoms with Gasteiger partial charge in [0.15, 0.2) is 18.1 Å². The Morgan fingerprint density at radius 1 is 1.41 bits per heavy atom. The number of nitrogens with one attached hydrogen (secondary N) is 1. The lowest BCUT2D eigenvalue weighted by Crippen LogP contribution is -3.00. The van der Waals surface area contributed by atoms with E-state index in [-0.39, 0.29) is 19.0 Å². The Labute approximate surface area is 107 Å². The average Bonchev–Trinajstić information content (AvgIpc) is 2.27. The van der Waals surface area contributed by atoms with Gasteiger partial charge in [0.1, 0.15) is 0 Å². The van der Waals surface area contributed by atoms with E-state index in [4.69, 9.17) is 15.2 Å². The molecule has 0 bridgehead atoms. The van der Waals surface area contributed by atoms with Crippen LogP contribution < -0.4 is 32.9 Å². The summed E-state index contributed by atoms with van der Waals surface area (Å²) < 4.78 is 10.4. The third-order valence-corrected chi connectivity index (χ3v) is 1.98. The fourth-order valence-electron chi connectivity index (χ4n) is 1.29. The molecular formula is C11H16ClN2O3-. The number of primary amides is 1. The number of rotatable bonds is 6. The van der Waals surface area contributed by atoms with Crippen molar-refractivity contribution < 1.29 is 26.7 Å². The Morgan fingerprint density at radius 3 is 2.65 bits per heavy atom. The number of amides is 1. The first-order valence-electron chi connectivity index (χ1n) is 4.90. The molecule has 0 aliphatic heterocycles. The lowest BCUT2D eigenvalue weighted by molar-refractivity contribution is -0.119. The van der Waals surface area contributed by atoms with Crippen molar-refractivity contribution in [3.05, 3.63) is 23.8 Å². The van der Waals surface area contributed by atoms with Crippen molar-refractivity contribution in [3.8, 4) is 11.5 Å². The number of benzene rings is 1. The summed E-state index contributed by atoms with van der Waals surface area (Å²) in [6, 6.07) is 5.51. The predicted octanol–water partition coefficient (Wildman–Crippen LogP) is -2.72. The molecule has 0 atom stereocenters. The van der Waals surface area contributed by atoms with Crippen LogP contribution >= 0.6 is 0 Å². The molecule has 5 nitrogen and oxygen atoms in total. The topological polar surface area (TPSA) is 73.6 Å². The van der Waals surface area contributed by atoms with Crippen LogP contribution in [0.4, 0.5) is 0 Å². The lowest BCUT2D eigenvalue weighted by atomic mass is 10.2. The molecule has 0 saturated carbocycles. The number of carbonyl (C=O) groups is 1. The van der Waals surface area contributed by atoms with Gasteiger partial charge in [0, 0.05) is 6.54 Å². The molecule has 0 aliphatic carbocycles. The zero-order chi connectivity index (χ0) is 12.0. The molecule has 17 heavy (non-hydrogen) atoms. The van der Waals surface area contributed by atoms with Crippen molar-refractivity contribution in [2.45, 2.75) is 6.54 Å². The van der Waals surface area contributed by atoms with Crippen LogP contribution in [0.5, 0.6) is 11.5 Å². The number of hydrogen-bond acceptors (Lipinski definition) is 4. The van der Waals surface area contributed by atoms with Gasteiger partial charge >= 0.3 is 0 Å². The van der Waals surface area contributed by atoms with Gasteiger partial charge in [-0.2, -0.15) is 0 Å². The van der Waals surface area contributed by atoms with Crippen molar-refractivity contribution in [1.82, 2.24) is 5.32 Å². The Bertz CT molecular complexity index is 372. The highest BCUT2D eigenvalue weighted by atomic mass is 35.5. The number of nitrogens with two attached hydrogens (primary N) is 1. The molecule has 0 aliphatic rings. The van der Waals surface area contributed by atoms with Crippen LogP contribution in [0.2, 0.25) is 0 Å². The minimum Gasteiger partial charge on any atom is -1.00 e. The van der Waals surface area contributed by atoms with Gasteiger partial charge in [0.05, 0.1) is 7.11 Å². The van der Waals surface area contributed by atoms with E-state index in [2.05, 4.69) is 5.32 Å². The Kier molecular flexibility index (Phi) is 7.09. The summed E-state index contributed by atoms with van der Waals surface area (Å²) in [5.41, 5.74) is 6.07. The van der Waals surface area contributed by atoms with Crippen LogP contribution in [0, 0.1) is 0 Å². The number of carbonyl (C=O) groups excluding carboxylic acids is 1. The number of hydrogen-bond donors (Lipinski definition) is 2. The van der Waals surface area contributed by atoms with E-state index in [0.717, 1.165) is 12.1 Å². The largest absolute Gasteiger partial charge is 1.00 e. The number of ether oxygens (including phenoxy) is 2. The van der Waals surface area contributed by atoms with E-state index in [1.807, 2.05) is 19.2 Å². The summed E-state index contributed by atoms with van der Waals surface area (Å²) in [5.74, 6) is 0.594. The lowest BCUT2D eigenvalue weighted by Gasteiger charge is -2.10. The first kappa shape index (κ1) is 15.5. The summed E-state index contributed by atoms with van der Waals surface area (Å²) in [7, 11) is 3.42. The molecule has 96 valence electrons. The molecule has 1 aromatic rings. The summed E-state index contributed by atoms with van der Waals surface area (Å²) in [5, 5.41) is 3.03. The highest BCUT2D eigenvalue weighted by Gasteiger charge is 2.06. The molecule has 1 amide bonds. The van der Waals surface area contributed by atoms with Crippen molar-refractivity contribution in [2.24, 2.45) is 5.73 Å². The van der Waals surface area contributed by atoms with Crippen molar-refractivity contribution in [2.75, 3.05) is 20.8 Å². The molecular weight excluding hydrogens is 244 g/mol. The standard InChI is InChI=1S/C11H16N2O3.ClH/c1-13-6-8-3-4-9(10(5-8)15-2)16-7-11(12)14;/h3-5,13H,6-7H2,1-2H3,(H2,12,14);1H/p-1. The van der Waals surface area contributed by atoms with E-state index in [0.29, 0.717) is 11.5 Å². The molecule has 0 unspecified atom stereocenters. The summed E-state index contributed by atoms with van der Waals surface area (Å²) in [4.78, 5) is 10.6. The molecule has 0 fully saturated rings. The Balaban J connectivity index is 0.00000256. The van der Waals surface area contributed by atoms with Gasteiger partial charge in [0.2, 0.25) is 0 Å². The van der Waals surface area contributed by atoms with Gasteiger partial charge in [-0.1, -0.05) is 6.07 Å².